The Bertz CT molecular complexity index is 1590. The van der Waals surface area contributed by atoms with E-state index in [1.54, 1.807) is 17.0 Å². The van der Waals surface area contributed by atoms with Gasteiger partial charge in [-0.25, -0.2) is 14.4 Å². The molecule has 3 heterocycles. The second-order valence-corrected chi connectivity index (χ2v) is 12.6. The van der Waals surface area contributed by atoms with Crippen molar-refractivity contribution in [3.05, 3.63) is 70.0 Å². The van der Waals surface area contributed by atoms with Gasteiger partial charge in [-0.05, 0) is 89.5 Å². The highest BCUT2D eigenvalue weighted by Crippen LogP contribution is 2.27. The van der Waals surface area contributed by atoms with Gasteiger partial charge in [0.05, 0.1) is 17.8 Å². The van der Waals surface area contributed by atoms with Crippen molar-refractivity contribution in [1.29, 1.82) is 0 Å². The van der Waals surface area contributed by atoms with E-state index in [-0.39, 0.29) is 30.2 Å². The zero-order valence-corrected chi connectivity index (χ0v) is 27.8. The number of carbonyl (C=O) groups is 4. The molecule has 2 saturated heterocycles. The Balaban J connectivity index is 1.24. The van der Waals surface area contributed by atoms with Crippen LogP contribution in [0, 0.1) is 0 Å². The average Bonchev–Trinajstić information content (AvgIpc) is 3.25. The number of carbonyl (C=O) groups excluding carboxylic acids is 4. The average molecular weight is 709 g/mol. The number of methoxy groups -OCH3 is 1. The number of ether oxygens (including phenoxy) is 2. The van der Waals surface area contributed by atoms with Gasteiger partial charge in [0.2, 0.25) is 0 Å². The van der Waals surface area contributed by atoms with Gasteiger partial charge in [-0.15, -0.1) is 0 Å². The zero-order chi connectivity index (χ0) is 33.3. The minimum absolute atomic E-state index is 0.0138. The van der Waals surface area contributed by atoms with Crippen LogP contribution in [0.5, 0.6) is 5.75 Å². The molecule has 0 unspecified atom stereocenters. The summed E-state index contributed by atoms with van der Waals surface area (Å²) in [6.07, 6.45) is 3.95. The summed E-state index contributed by atoms with van der Waals surface area (Å²) in [5, 5.41) is 12.9. The number of halogens is 1. The fraction of sp³-hybridized carbons (Fsp3) is 0.441. The lowest BCUT2D eigenvalue weighted by molar-refractivity contribution is -0.147. The van der Waals surface area contributed by atoms with E-state index in [1.807, 2.05) is 29.2 Å². The number of fused-ring (bicyclic) bond motifs is 1. The van der Waals surface area contributed by atoms with E-state index in [0.29, 0.717) is 55.5 Å². The van der Waals surface area contributed by atoms with Crippen molar-refractivity contribution in [1.82, 2.24) is 14.7 Å². The van der Waals surface area contributed by atoms with Gasteiger partial charge >= 0.3 is 18.1 Å². The molecule has 0 aromatic heterocycles. The van der Waals surface area contributed by atoms with Crippen LogP contribution in [0.4, 0.5) is 15.3 Å². The summed E-state index contributed by atoms with van der Waals surface area (Å²) in [7, 11) is 1.35. The number of nitrogens with one attached hydrogen (secondary N) is 1. The molecule has 2 N–H and O–H groups in total. The molecule has 12 nitrogen and oxygen atoms in total. The Morgan fingerprint density at radius 1 is 1.11 bits per heavy atom. The standard InChI is InChI=1S/C34H38BrN5O7/c1-46-32(43)28-9-4-5-16-38(28)17-6-15-36-31(42)30(22-23-10-11-29(41)26(35)21-23)47-34(45)39-18-13-25(14-19-39)40-20-12-24-7-2-3-8-27(24)37-33(40)44/h2-3,7-8,10-11,17,21,25,28,30,41H,4-5,9,12-14,16,18-20,22H2,1H3,(H,37,44)/t28-,30+/m0/s1. The number of hydrogen-bond acceptors (Lipinski definition) is 8. The second-order valence-electron chi connectivity index (χ2n) is 11.7. The van der Waals surface area contributed by atoms with E-state index in [4.69, 9.17) is 9.47 Å². The van der Waals surface area contributed by atoms with E-state index in [9.17, 15) is 24.3 Å². The Morgan fingerprint density at radius 3 is 2.66 bits per heavy atom. The molecule has 3 aliphatic rings. The fourth-order valence-corrected chi connectivity index (χ4v) is 6.56. The highest BCUT2D eigenvalue weighted by atomic mass is 79.9. The number of benzene rings is 2. The largest absolute Gasteiger partial charge is 0.507 e. The van der Waals surface area contributed by atoms with Crippen molar-refractivity contribution in [3.63, 3.8) is 0 Å². The molecule has 2 atom stereocenters. The smallest absolute Gasteiger partial charge is 0.410 e. The number of phenolic OH excluding ortho intramolecular Hbond substituents is 1. The Kier molecular flexibility index (Phi) is 11.4. The van der Waals surface area contributed by atoms with E-state index >= 15 is 0 Å². The summed E-state index contributed by atoms with van der Waals surface area (Å²) in [6, 6.07) is 11.9. The number of phenols is 1. The minimum Gasteiger partial charge on any atom is -0.507 e. The molecule has 0 bridgehead atoms. The van der Waals surface area contributed by atoms with Gasteiger partial charge in [0.15, 0.2) is 6.10 Å². The third kappa shape index (κ3) is 8.62. The number of nitrogens with zero attached hydrogens (tertiary/aromatic N) is 4. The van der Waals surface area contributed by atoms with Crippen LogP contribution in [0.15, 0.2) is 63.9 Å². The van der Waals surface area contributed by atoms with Crippen LogP contribution in [0.2, 0.25) is 0 Å². The predicted octanol–water partition coefficient (Wildman–Crippen LogP) is 4.65. The quantitative estimate of drug-likeness (QED) is 0.241. The number of para-hydroxylation sites is 1. The van der Waals surface area contributed by atoms with Gasteiger partial charge in [0.1, 0.15) is 11.8 Å². The Labute approximate surface area is 281 Å². The van der Waals surface area contributed by atoms with Crippen LogP contribution >= 0.6 is 15.9 Å². The predicted molar refractivity (Wildman–Crippen MR) is 177 cm³/mol. The lowest BCUT2D eigenvalue weighted by Crippen LogP contribution is -2.50. The molecule has 0 aliphatic carbocycles. The number of rotatable bonds is 7. The number of anilines is 1. The van der Waals surface area contributed by atoms with Gasteiger partial charge in [0, 0.05) is 50.2 Å². The molecule has 4 amide bonds. The number of aromatic hydroxyl groups is 1. The topological polar surface area (TPSA) is 141 Å². The van der Waals surface area contributed by atoms with Crippen molar-refractivity contribution in [2.75, 3.05) is 38.6 Å². The van der Waals surface area contributed by atoms with Crippen molar-refractivity contribution < 1.29 is 33.8 Å². The summed E-state index contributed by atoms with van der Waals surface area (Å²) in [4.78, 5) is 60.7. The first-order valence-corrected chi connectivity index (χ1v) is 16.5. The monoisotopic (exact) mass is 707 g/mol. The number of urea groups is 1. The number of esters is 1. The third-order valence-electron chi connectivity index (χ3n) is 8.74. The van der Waals surface area contributed by atoms with Gasteiger partial charge in [-0.2, -0.15) is 4.99 Å². The van der Waals surface area contributed by atoms with Gasteiger partial charge < -0.3 is 34.6 Å². The molecule has 47 heavy (non-hydrogen) atoms. The normalized spacial score (nSPS) is 18.8. The van der Waals surface area contributed by atoms with Gasteiger partial charge in [-0.3, -0.25) is 4.79 Å². The van der Waals surface area contributed by atoms with Crippen molar-refractivity contribution in [2.24, 2.45) is 4.99 Å². The van der Waals surface area contributed by atoms with Crippen molar-refractivity contribution >= 4 is 51.5 Å². The van der Waals surface area contributed by atoms with Crippen molar-refractivity contribution in [3.8, 4) is 5.75 Å². The lowest BCUT2D eigenvalue weighted by atomic mass is 10.0. The Morgan fingerprint density at radius 2 is 1.89 bits per heavy atom. The SMILES string of the molecule is COC(=O)[C@@H]1CCCCN1C=C=C=NC(=O)[C@@H](Cc1ccc(O)c(Br)c1)OC(=O)N1CCC(N2CCc3ccccc3NC2=O)CC1. The number of aliphatic imine (C=N–C) groups is 1. The van der Waals surface area contributed by atoms with Crippen molar-refractivity contribution in [2.45, 2.75) is 63.1 Å². The molecule has 0 spiro atoms. The maximum atomic E-state index is 13.3. The third-order valence-corrected chi connectivity index (χ3v) is 9.37. The first-order chi connectivity index (χ1) is 22.7. The zero-order valence-electron chi connectivity index (χ0n) is 26.2. The molecular formula is C34H38BrN5O7. The van der Waals surface area contributed by atoms with Gasteiger partial charge in [-0.1, -0.05) is 24.3 Å². The van der Waals surface area contributed by atoms with Crippen LogP contribution in [0.3, 0.4) is 0 Å². The van der Waals surface area contributed by atoms with Crippen LogP contribution in [0.1, 0.15) is 43.2 Å². The molecular weight excluding hydrogens is 670 g/mol. The summed E-state index contributed by atoms with van der Waals surface area (Å²) in [6.45, 7) is 1.92. The highest BCUT2D eigenvalue weighted by molar-refractivity contribution is 9.10. The first kappa shape index (κ1) is 33.8. The summed E-state index contributed by atoms with van der Waals surface area (Å²) < 4.78 is 11.1. The number of amides is 4. The summed E-state index contributed by atoms with van der Waals surface area (Å²) in [5.74, 6) is 1.45. The molecule has 2 aromatic carbocycles. The maximum absolute atomic E-state index is 13.3. The molecule has 2 fully saturated rings. The molecule has 3 aliphatic heterocycles. The van der Waals surface area contributed by atoms with E-state index in [2.05, 4.69) is 37.8 Å². The molecule has 248 valence electrons. The van der Waals surface area contributed by atoms with Crippen LogP contribution in [0.25, 0.3) is 0 Å². The minimum atomic E-state index is -1.27. The Hall–Kier alpha value is -4.57. The molecule has 0 radical (unpaired) electrons. The van der Waals surface area contributed by atoms with Gasteiger partial charge in [0.25, 0.3) is 5.91 Å². The van der Waals surface area contributed by atoms with Crippen LogP contribution < -0.4 is 5.32 Å². The fourth-order valence-electron chi connectivity index (χ4n) is 6.13. The lowest BCUT2D eigenvalue weighted by Gasteiger charge is -2.37. The summed E-state index contributed by atoms with van der Waals surface area (Å²) in [5.41, 5.74) is 5.27. The van der Waals surface area contributed by atoms with E-state index in [0.717, 1.165) is 30.5 Å². The van der Waals surface area contributed by atoms with E-state index in [1.165, 1.54) is 24.3 Å². The van der Waals surface area contributed by atoms with Crippen LogP contribution in [-0.2, 0) is 31.9 Å². The first-order valence-electron chi connectivity index (χ1n) is 15.7. The highest BCUT2D eigenvalue weighted by Gasteiger charge is 2.33. The number of likely N-dealkylation sites (tertiary alicyclic amines) is 2. The second kappa shape index (κ2) is 15.8. The molecule has 13 heteroatoms. The maximum Gasteiger partial charge on any atom is 0.410 e. The van der Waals surface area contributed by atoms with E-state index < -0.39 is 24.1 Å². The molecule has 5 rings (SSSR count). The molecule has 2 aromatic rings. The summed E-state index contributed by atoms with van der Waals surface area (Å²) >= 11 is 3.28. The molecule has 0 saturated carbocycles. The van der Waals surface area contributed by atoms with Crippen LogP contribution in [-0.4, -0.2) is 101 Å². The number of piperidine rings is 2. The number of hydrogen-bond donors (Lipinski definition) is 2.